The molecule has 1 aliphatic rings. The van der Waals surface area contributed by atoms with E-state index in [0.29, 0.717) is 11.0 Å². The van der Waals surface area contributed by atoms with Crippen LogP contribution in [0.15, 0.2) is 23.0 Å². The Bertz CT molecular complexity index is 683. The molecule has 1 atom stereocenters. The minimum Gasteiger partial charge on any atom is -0.327 e. The normalized spacial score (nSPS) is 19.2. The Morgan fingerprint density at radius 2 is 2.14 bits per heavy atom. The van der Waals surface area contributed by atoms with Crippen LogP contribution in [0.25, 0.3) is 11.0 Å². The molecule has 1 saturated heterocycles. The van der Waals surface area contributed by atoms with Crippen molar-refractivity contribution in [1.82, 2.24) is 14.5 Å². The molecule has 0 aliphatic carbocycles. The molecule has 6 heteroatoms. The molecule has 1 aliphatic heterocycles. The molecule has 1 aromatic heterocycles. The van der Waals surface area contributed by atoms with Crippen LogP contribution in [-0.4, -0.2) is 40.1 Å². The second-order valence-electron chi connectivity index (χ2n) is 5.94. The van der Waals surface area contributed by atoms with E-state index >= 15 is 0 Å². The van der Waals surface area contributed by atoms with Gasteiger partial charge < -0.3 is 15.6 Å². The lowest BCUT2D eigenvalue weighted by Gasteiger charge is -2.33. The van der Waals surface area contributed by atoms with Gasteiger partial charge in [-0.25, -0.2) is 9.18 Å². The van der Waals surface area contributed by atoms with Crippen molar-refractivity contribution in [3.05, 3.63) is 34.5 Å². The van der Waals surface area contributed by atoms with Gasteiger partial charge >= 0.3 is 5.69 Å². The maximum atomic E-state index is 13.7. The predicted molar refractivity (Wildman–Crippen MR) is 80.9 cm³/mol. The number of aromatic amines is 1. The highest BCUT2D eigenvalue weighted by molar-refractivity contribution is 5.75. The fourth-order valence-electron chi connectivity index (χ4n) is 3.24. The largest absolute Gasteiger partial charge is 0.327 e. The molecule has 21 heavy (non-hydrogen) atoms. The topological polar surface area (TPSA) is 67.0 Å². The molecule has 0 bridgehead atoms. The molecule has 2 heterocycles. The van der Waals surface area contributed by atoms with Crippen molar-refractivity contribution in [2.24, 2.45) is 5.73 Å². The first-order valence-electron chi connectivity index (χ1n) is 7.43. The van der Waals surface area contributed by atoms with E-state index in [1.807, 2.05) is 6.92 Å². The van der Waals surface area contributed by atoms with Crippen molar-refractivity contribution in [3.8, 4) is 0 Å². The van der Waals surface area contributed by atoms with E-state index in [-0.39, 0.29) is 23.6 Å². The molecule has 3 rings (SSSR count). The zero-order valence-electron chi connectivity index (χ0n) is 12.2. The van der Waals surface area contributed by atoms with E-state index in [4.69, 9.17) is 5.73 Å². The number of nitrogens with two attached hydrogens (primary N) is 1. The lowest BCUT2D eigenvalue weighted by atomic mass is 10.0. The number of hydrogen-bond donors (Lipinski definition) is 2. The minimum absolute atomic E-state index is 0.123. The maximum absolute atomic E-state index is 13.7. The second kappa shape index (κ2) is 5.61. The molecule has 0 saturated carbocycles. The third kappa shape index (κ3) is 2.73. The number of nitrogens with zero attached hydrogens (tertiary/aromatic N) is 2. The molecule has 0 unspecified atom stereocenters. The SMILES string of the molecule is C[C@H](N)CN1CCC(n2c(=O)[nH]c3c(F)cccc32)CC1. The smallest absolute Gasteiger partial charge is 0.326 e. The Labute approximate surface area is 122 Å². The number of aromatic nitrogens is 2. The van der Waals surface area contributed by atoms with Crippen LogP contribution in [0.1, 0.15) is 25.8 Å². The summed E-state index contributed by atoms with van der Waals surface area (Å²) in [5.74, 6) is -0.377. The van der Waals surface area contributed by atoms with Crippen molar-refractivity contribution >= 4 is 11.0 Å². The Morgan fingerprint density at radius 1 is 1.43 bits per heavy atom. The van der Waals surface area contributed by atoms with Crippen molar-refractivity contribution < 1.29 is 4.39 Å². The number of rotatable bonds is 3. The van der Waals surface area contributed by atoms with Crippen LogP contribution in [0.5, 0.6) is 0 Å². The standard InChI is InChI=1S/C15H21FN4O/c1-10(17)9-19-7-5-11(6-8-19)20-13-4-2-3-12(16)14(13)18-15(20)21/h2-4,10-11H,5-9,17H2,1H3,(H,18,21)/t10-/m0/s1. The summed E-state index contributed by atoms with van der Waals surface area (Å²) in [6, 6.07) is 5.09. The van der Waals surface area contributed by atoms with Crippen molar-refractivity contribution in [2.45, 2.75) is 31.8 Å². The van der Waals surface area contributed by atoms with Gasteiger partial charge in [-0.2, -0.15) is 0 Å². The number of piperidine rings is 1. The van der Waals surface area contributed by atoms with E-state index < -0.39 is 0 Å². The van der Waals surface area contributed by atoms with Gasteiger partial charge in [0.05, 0.1) is 5.52 Å². The van der Waals surface area contributed by atoms with Crippen molar-refractivity contribution in [1.29, 1.82) is 0 Å². The summed E-state index contributed by atoms with van der Waals surface area (Å²) in [5, 5.41) is 0. The summed E-state index contributed by atoms with van der Waals surface area (Å²) in [7, 11) is 0. The Morgan fingerprint density at radius 3 is 2.81 bits per heavy atom. The van der Waals surface area contributed by atoms with Crippen LogP contribution >= 0.6 is 0 Å². The molecule has 0 radical (unpaired) electrons. The highest BCUT2D eigenvalue weighted by atomic mass is 19.1. The molecule has 0 amide bonds. The molecule has 3 N–H and O–H groups in total. The van der Waals surface area contributed by atoms with Crippen LogP contribution in [0.2, 0.25) is 0 Å². The lowest BCUT2D eigenvalue weighted by Crippen LogP contribution is -2.42. The maximum Gasteiger partial charge on any atom is 0.326 e. The molecule has 2 aromatic rings. The zero-order chi connectivity index (χ0) is 15.0. The summed E-state index contributed by atoms with van der Waals surface area (Å²) < 4.78 is 15.5. The molecule has 5 nitrogen and oxygen atoms in total. The van der Waals surface area contributed by atoms with E-state index in [0.717, 1.165) is 32.5 Å². The van der Waals surface area contributed by atoms with Crippen molar-refractivity contribution in [3.63, 3.8) is 0 Å². The third-order valence-corrected chi connectivity index (χ3v) is 4.17. The average Bonchev–Trinajstić information content (AvgIpc) is 2.77. The first-order valence-corrected chi connectivity index (χ1v) is 7.43. The molecule has 114 valence electrons. The number of H-pyrrole nitrogens is 1. The summed E-state index contributed by atoms with van der Waals surface area (Å²) in [5.41, 5.74) is 6.57. The van der Waals surface area contributed by atoms with Gasteiger partial charge in [0, 0.05) is 31.7 Å². The number of imidazole rings is 1. The number of halogens is 1. The van der Waals surface area contributed by atoms with Gasteiger partial charge in [0.25, 0.3) is 0 Å². The quantitative estimate of drug-likeness (QED) is 0.900. The predicted octanol–water partition coefficient (Wildman–Crippen LogP) is 1.45. The molecular weight excluding hydrogens is 271 g/mol. The van der Waals surface area contributed by atoms with Gasteiger partial charge in [-0.15, -0.1) is 0 Å². The second-order valence-corrected chi connectivity index (χ2v) is 5.94. The zero-order valence-corrected chi connectivity index (χ0v) is 12.2. The van der Waals surface area contributed by atoms with Crippen LogP contribution in [0.3, 0.4) is 0 Å². The number of para-hydroxylation sites is 1. The van der Waals surface area contributed by atoms with Crippen LogP contribution < -0.4 is 11.4 Å². The van der Waals surface area contributed by atoms with Gasteiger partial charge in [-0.3, -0.25) is 4.57 Å². The van der Waals surface area contributed by atoms with Crippen molar-refractivity contribution in [2.75, 3.05) is 19.6 Å². The van der Waals surface area contributed by atoms with Gasteiger partial charge in [0.2, 0.25) is 0 Å². The number of likely N-dealkylation sites (tertiary alicyclic amines) is 1. The van der Waals surface area contributed by atoms with E-state index in [1.54, 1.807) is 16.7 Å². The molecular formula is C15H21FN4O. The van der Waals surface area contributed by atoms with Crippen LogP contribution in [-0.2, 0) is 0 Å². The third-order valence-electron chi connectivity index (χ3n) is 4.17. The van der Waals surface area contributed by atoms with Crippen LogP contribution in [0.4, 0.5) is 4.39 Å². The Balaban J connectivity index is 1.84. The summed E-state index contributed by atoms with van der Waals surface area (Å²) in [6.45, 7) is 4.71. The highest BCUT2D eigenvalue weighted by Crippen LogP contribution is 2.25. The number of hydrogen-bond acceptors (Lipinski definition) is 3. The molecule has 1 fully saturated rings. The summed E-state index contributed by atoms with van der Waals surface area (Å²) >= 11 is 0. The highest BCUT2D eigenvalue weighted by Gasteiger charge is 2.24. The Kier molecular flexibility index (Phi) is 3.82. The number of benzene rings is 1. The minimum atomic E-state index is -0.377. The summed E-state index contributed by atoms with van der Waals surface area (Å²) in [6.07, 6.45) is 1.77. The van der Waals surface area contributed by atoms with Gasteiger partial charge in [-0.1, -0.05) is 6.07 Å². The van der Waals surface area contributed by atoms with Gasteiger partial charge in [0.15, 0.2) is 0 Å². The first kappa shape index (κ1) is 14.3. The monoisotopic (exact) mass is 292 g/mol. The first-order chi connectivity index (χ1) is 10.1. The summed E-state index contributed by atoms with van der Waals surface area (Å²) in [4.78, 5) is 17.1. The fraction of sp³-hybridized carbons (Fsp3) is 0.533. The van der Waals surface area contributed by atoms with Gasteiger partial charge in [0.1, 0.15) is 11.3 Å². The number of fused-ring (bicyclic) bond motifs is 1. The lowest BCUT2D eigenvalue weighted by molar-refractivity contribution is 0.180. The molecule has 1 aromatic carbocycles. The molecule has 0 spiro atoms. The average molecular weight is 292 g/mol. The fourth-order valence-corrected chi connectivity index (χ4v) is 3.24. The van der Waals surface area contributed by atoms with Crippen LogP contribution in [0, 0.1) is 5.82 Å². The Hall–Kier alpha value is -1.66. The van der Waals surface area contributed by atoms with E-state index in [2.05, 4.69) is 9.88 Å². The van der Waals surface area contributed by atoms with E-state index in [9.17, 15) is 9.18 Å². The van der Waals surface area contributed by atoms with E-state index in [1.165, 1.54) is 6.07 Å². The van der Waals surface area contributed by atoms with Gasteiger partial charge in [-0.05, 0) is 31.9 Å². The number of nitrogens with one attached hydrogen (secondary N) is 1.